The molecule has 1 heterocycles. The summed E-state index contributed by atoms with van der Waals surface area (Å²) in [5, 5.41) is 0.882. The number of para-hydroxylation sites is 1. The molecule has 0 radical (unpaired) electrons. The van der Waals surface area contributed by atoms with E-state index in [1.165, 1.54) is 0 Å². The molecule has 0 unspecified atom stereocenters. The van der Waals surface area contributed by atoms with Crippen molar-refractivity contribution in [1.29, 1.82) is 0 Å². The molecule has 5 nitrogen and oxygen atoms in total. The molecule has 0 aliphatic carbocycles. The highest BCUT2D eigenvalue weighted by Crippen LogP contribution is 2.30. The summed E-state index contributed by atoms with van der Waals surface area (Å²) in [7, 11) is 1.60. The zero-order chi connectivity index (χ0) is 20.1. The molecule has 0 saturated heterocycles. The maximum atomic E-state index is 12.4. The lowest BCUT2D eigenvalue weighted by Crippen LogP contribution is -2.11. The molecule has 0 spiro atoms. The zero-order valence-electron chi connectivity index (χ0n) is 16.2. The number of methoxy groups -OCH3 is 1. The molecule has 3 aromatic rings. The van der Waals surface area contributed by atoms with Crippen molar-refractivity contribution in [3.63, 3.8) is 0 Å². The van der Waals surface area contributed by atoms with Crippen LogP contribution in [0.2, 0.25) is 0 Å². The molecule has 0 fully saturated rings. The predicted molar refractivity (Wildman–Crippen MR) is 114 cm³/mol. The van der Waals surface area contributed by atoms with Crippen LogP contribution in [0.1, 0.15) is 36.7 Å². The quantitative estimate of drug-likeness (QED) is 0.558. The molecule has 146 valence electrons. The smallest absolute Gasteiger partial charge is 0.259 e. The fourth-order valence-electron chi connectivity index (χ4n) is 2.85. The van der Waals surface area contributed by atoms with E-state index in [2.05, 4.69) is 16.9 Å². The Morgan fingerprint density at radius 1 is 1.25 bits per heavy atom. The van der Waals surface area contributed by atoms with E-state index < -0.39 is 0 Å². The van der Waals surface area contributed by atoms with Gasteiger partial charge < -0.3 is 14.5 Å². The zero-order valence-corrected chi connectivity index (χ0v) is 17.0. The number of aromatic nitrogens is 2. The first-order valence-corrected chi connectivity index (χ1v) is 9.59. The molecular formula is C22H23ClN2O3. The van der Waals surface area contributed by atoms with Gasteiger partial charge in [-0.2, -0.15) is 0 Å². The largest absolute Gasteiger partial charge is 0.493 e. The van der Waals surface area contributed by atoms with E-state index >= 15 is 0 Å². The fourth-order valence-corrected chi connectivity index (χ4v) is 3.07. The van der Waals surface area contributed by atoms with Gasteiger partial charge in [-0.15, -0.1) is 0 Å². The van der Waals surface area contributed by atoms with Crippen LogP contribution in [0, 0.1) is 6.92 Å². The average molecular weight is 399 g/mol. The van der Waals surface area contributed by atoms with E-state index in [1.807, 2.05) is 37.3 Å². The van der Waals surface area contributed by atoms with Gasteiger partial charge in [0.1, 0.15) is 0 Å². The summed E-state index contributed by atoms with van der Waals surface area (Å²) in [4.78, 5) is 19.6. The lowest BCUT2D eigenvalue weighted by molar-refractivity contribution is 0.288. The Kier molecular flexibility index (Phi) is 6.37. The van der Waals surface area contributed by atoms with E-state index in [0.29, 0.717) is 39.9 Å². The van der Waals surface area contributed by atoms with E-state index in [1.54, 1.807) is 19.3 Å². The number of hydrogen-bond acceptors (Lipinski definition) is 4. The van der Waals surface area contributed by atoms with Crippen molar-refractivity contribution in [1.82, 2.24) is 9.97 Å². The number of halogens is 1. The summed E-state index contributed by atoms with van der Waals surface area (Å²) < 4.78 is 11.2. The Morgan fingerprint density at radius 3 is 2.82 bits per heavy atom. The minimum absolute atomic E-state index is 0.215. The lowest BCUT2D eigenvalue weighted by Gasteiger charge is -2.11. The maximum absolute atomic E-state index is 12.4. The molecule has 0 saturated carbocycles. The molecule has 0 atom stereocenters. The molecule has 28 heavy (non-hydrogen) atoms. The Hall–Kier alpha value is -2.79. The molecule has 2 aromatic carbocycles. The van der Waals surface area contributed by atoms with Gasteiger partial charge in [-0.25, -0.2) is 4.98 Å². The first-order chi connectivity index (χ1) is 13.5. The fraction of sp³-hybridized carbons (Fsp3) is 0.273. The topological polar surface area (TPSA) is 64.2 Å². The third-order valence-electron chi connectivity index (χ3n) is 4.40. The third-order valence-corrected chi connectivity index (χ3v) is 4.69. The molecule has 1 N–H and O–H groups in total. The Labute approximate surface area is 169 Å². The van der Waals surface area contributed by atoms with Gasteiger partial charge in [0.15, 0.2) is 17.3 Å². The van der Waals surface area contributed by atoms with Crippen LogP contribution in [-0.2, 0) is 0 Å². The molecule has 6 heteroatoms. The van der Waals surface area contributed by atoms with Gasteiger partial charge in [0.05, 0.1) is 29.7 Å². The monoisotopic (exact) mass is 398 g/mol. The number of fused-ring (bicyclic) bond motifs is 1. The number of nitrogens with one attached hydrogen (secondary N) is 1. The minimum Gasteiger partial charge on any atom is -0.493 e. The van der Waals surface area contributed by atoms with Crippen molar-refractivity contribution >= 4 is 33.6 Å². The van der Waals surface area contributed by atoms with Gasteiger partial charge in [-0.1, -0.05) is 43.1 Å². The SMILES string of the molecule is CCCCOc1ccc(/C=C(\Cl)c2nc3c(C)cccc3c(=O)[nH]2)cc1OC. The first-order valence-electron chi connectivity index (χ1n) is 9.21. The summed E-state index contributed by atoms with van der Waals surface area (Å²) in [6.07, 6.45) is 3.79. The van der Waals surface area contributed by atoms with Crippen molar-refractivity contribution < 1.29 is 9.47 Å². The van der Waals surface area contributed by atoms with Crippen molar-refractivity contribution in [2.75, 3.05) is 13.7 Å². The lowest BCUT2D eigenvalue weighted by atomic mass is 10.1. The molecule has 3 rings (SSSR count). The summed E-state index contributed by atoms with van der Waals surface area (Å²) in [5.74, 6) is 1.65. The summed E-state index contributed by atoms with van der Waals surface area (Å²) in [6, 6.07) is 11.1. The minimum atomic E-state index is -0.215. The van der Waals surface area contributed by atoms with Crippen molar-refractivity contribution in [3.05, 3.63) is 63.7 Å². The van der Waals surface area contributed by atoms with Crippen molar-refractivity contribution in [2.24, 2.45) is 0 Å². The second-order valence-electron chi connectivity index (χ2n) is 6.49. The number of aromatic amines is 1. The Bertz CT molecular complexity index is 1070. The van der Waals surface area contributed by atoms with Crippen LogP contribution in [-0.4, -0.2) is 23.7 Å². The second kappa shape index (κ2) is 8.93. The second-order valence-corrected chi connectivity index (χ2v) is 6.90. The number of benzene rings is 2. The molecule has 0 aliphatic rings. The molecule has 0 bridgehead atoms. The van der Waals surface area contributed by atoms with E-state index in [0.717, 1.165) is 24.0 Å². The normalized spacial score (nSPS) is 11.6. The highest BCUT2D eigenvalue weighted by atomic mass is 35.5. The number of ether oxygens (including phenoxy) is 2. The van der Waals surface area contributed by atoms with Gasteiger partial charge in [-0.05, 0) is 48.7 Å². The standard InChI is InChI=1S/C22H23ClN2O3/c1-4-5-11-28-18-10-9-15(13-19(18)27-3)12-17(23)21-24-20-14(2)7-6-8-16(20)22(26)25-21/h6-10,12-13H,4-5,11H2,1-3H3,(H,24,25,26)/b17-12-. The first kappa shape index (κ1) is 20.0. The molecule has 0 aliphatic heterocycles. The van der Waals surface area contributed by atoms with Crippen LogP contribution in [0.15, 0.2) is 41.2 Å². The average Bonchev–Trinajstić information content (AvgIpc) is 2.69. The van der Waals surface area contributed by atoms with Crippen LogP contribution in [0.3, 0.4) is 0 Å². The van der Waals surface area contributed by atoms with Crippen LogP contribution in [0.25, 0.3) is 22.0 Å². The van der Waals surface area contributed by atoms with Crippen LogP contribution in [0.4, 0.5) is 0 Å². The maximum Gasteiger partial charge on any atom is 0.259 e. The predicted octanol–water partition coefficient (Wildman–Crippen LogP) is 5.16. The van der Waals surface area contributed by atoms with Crippen LogP contribution >= 0.6 is 11.6 Å². The van der Waals surface area contributed by atoms with Gasteiger partial charge in [0, 0.05) is 0 Å². The number of rotatable bonds is 7. The van der Waals surface area contributed by atoms with Crippen molar-refractivity contribution in [2.45, 2.75) is 26.7 Å². The van der Waals surface area contributed by atoms with E-state index in [-0.39, 0.29) is 5.56 Å². The van der Waals surface area contributed by atoms with E-state index in [9.17, 15) is 4.79 Å². The number of unbranched alkanes of at least 4 members (excludes halogenated alkanes) is 1. The number of H-pyrrole nitrogens is 1. The summed E-state index contributed by atoms with van der Waals surface area (Å²) in [6.45, 7) is 4.67. The van der Waals surface area contributed by atoms with E-state index in [4.69, 9.17) is 21.1 Å². The van der Waals surface area contributed by atoms with Crippen molar-refractivity contribution in [3.8, 4) is 11.5 Å². The van der Waals surface area contributed by atoms with Gasteiger partial charge in [0.25, 0.3) is 5.56 Å². The number of nitrogens with zero attached hydrogens (tertiary/aromatic N) is 1. The highest BCUT2D eigenvalue weighted by molar-refractivity contribution is 6.50. The molecular weight excluding hydrogens is 376 g/mol. The van der Waals surface area contributed by atoms with Gasteiger partial charge in [0.2, 0.25) is 0 Å². The number of hydrogen-bond donors (Lipinski definition) is 1. The van der Waals surface area contributed by atoms with Gasteiger partial charge in [-0.3, -0.25) is 4.79 Å². The van der Waals surface area contributed by atoms with Crippen LogP contribution < -0.4 is 15.0 Å². The Morgan fingerprint density at radius 2 is 2.07 bits per heavy atom. The highest BCUT2D eigenvalue weighted by Gasteiger charge is 2.10. The Balaban J connectivity index is 1.94. The van der Waals surface area contributed by atoms with Crippen LogP contribution in [0.5, 0.6) is 11.5 Å². The number of aryl methyl sites for hydroxylation is 1. The molecule has 1 aromatic heterocycles. The third kappa shape index (κ3) is 4.37. The summed E-state index contributed by atoms with van der Waals surface area (Å²) in [5.41, 5.74) is 2.17. The summed E-state index contributed by atoms with van der Waals surface area (Å²) >= 11 is 6.46. The molecule has 0 amide bonds. The van der Waals surface area contributed by atoms with Gasteiger partial charge >= 0.3 is 0 Å².